The Morgan fingerprint density at radius 2 is 1.83 bits per heavy atom. The molecule has 0 aliphatic carbocycles. The maximum atomic E-state index is 12.9. The van der Waals surface area contributed by atoms with E-state index in [4.69, 9.17) is 4.74 Å². The zero-order chi connectivity index (χ0) is 17.0. The highest BCUT2D eigenvalue weighted by atomic mass is 32.2. The zero-order valence-corrected chi connectivity index (χ0v) is 14.7. The van der Waals surface area contributed by atoms with E-state index < -0.39 is 16.4 Å². The second-order valence-electron chi connectivity index (χ2n) is 6.88. The van der Waals surface area contributed by atoms with Crippen LogP contribution in [-0.4, -0.2) is 39.6 Å². The van der Waals surface area contributed by atoms with Crippen molar-refractivity contribution in [2.45, 2.75) is 44.1 Å². The Morgan fingerprint density at radius 1 is 1.26 bits per heavy atom. The highest BCUT2D eigenvalue weighted by molar-refractivity contribution is 7.85. The number of halogens is 1. The lowest BCUT2D eigenvalue weighted by Gasteiger charge is -2.33. The molecule has 128 valence electrons. The SMILES string of the molecule is CC(C)(C)OC(=O)N1CCC(C[S@@](=O)c2ccc(F)cc2)CC1. The van der Waals surface area contributed by atoms with E-state index in [0.717, 1.165) is 12.8 Å². The number of nitrogens with zero attached hydrogens (tertiary/aromatic N) is 1. The quantitative estimate of drug-likeness (QED) is 0.844. The second-order valence-corrected chi connectivity index (χ2v) is 8.37. The van der Waals surface area contributed by atoms with E-state index in [0.29, 0.717) is 29.7 Å². The van der Waals surface area contributed by atoms with Crippen molar-refractivity contribution in [2.75, 3.05) is 18.8 Å². The molecule has 0 spiro atoms. The van der Waals surface area contributed by atoms with E-state index in [2.05, 4.69) is 0 Å². The maximum absolute atomic E-state index is 12.9. The fourth-order valence-corrected chi connectivity index (χ4v) is 3.90. The molecule has 0 bridgehead atoms. The minimum absolute atomic E-state index is 0.282. The number of benzene rings is 1. The standard InChI is InChI=1S/C17H24FNO3S/c1-17(2,3)22-16(20)19-10-8-13(9-11-19)12-23(21)15-6-4-14(18)5-7-15/h4-7,13H,8-12H2,1-3H3/t23-/m1/s1. The average molecular weight is 341 g/mol. The number of rotatable bonds is 3. The van der Waals surface area contributed by atoms with Gasteiger partial charge in [-0.3, -0.25) is 4.21 Å². The molecule has 0 N–H and O–H groups in total. The van der Waals surface area contributed by atoms with E-state index in [1.54, 1.807) is 17.0 Å². The predicted molar refractivity (Wildman–Crippen MR) is 88.2 cm³/mol. The van der Waals surface area contributed by atoms with Crippen LogP contribution in [0.4, 0.5) is 9.18 Å². The monoisotopic (exact) mass is 341 g/mol. The molecule has 6 heteroatoms. The number of carbonyl (C=O) groups excluding carboxylic acids is 1. The van der Waals surface area contributed by atoms with Gasteiger partial charge in [0.25, 0.3) is 0 Å². The molecule has 1 atom stereocenters. The molecule has 1 heterocycles. The molecule has 1 fully saturated rings. The summed E-state index contributed by atoms with van der Waals surface area (Å²) in [6, 6.07) is 5.80. The summed E-state index contributed by atoms with van der Waals surface area (Å²) >= 11 is 0. The molecule has 23 heavy (non-hydrogen) atoms. The third-order valence-corrected chi connectivity index (χ3v) is 5.30. The molecule has 4 nitrogen and oxygen atoms in total. The van der Waals surface area contributed by atoms with E-state index in [9.17, 15) is 13.4 Å². The lowest BCUT2D eigenvalue weighted by Crippen LogP contribution is -2.42. The van der Waals surface area contributed by atoms with E-state index in [1.165, 1.54) is 12.1 Å². The van der Waals surface area contributed by atoms with Crippen LogP contribution in [0, 0.1) is 11.7 Å². The predicted octanol–water partition coefficient (Wildman–Crippen LogP) is 3.58. The topological polar surface area (TPSA) is 46.6 Å². The van der Waals surface area contributed by atoms with Crippen molar-refractivity contribution in [3.63, 3.8) is 0 Å². The van der Waals surface area contributed by atoms with Crippen LogP contribution in [0.25, 0.3) is 0 Å². The van der Waals surface area contributed by atoms with Crippen LogP contribution in [0.15, 0.2) is 29.2 Å². The minimum Gasteiger partial charge on any atom is -0.444 e. The number of likely N-dealkylation sites (tertiary alicyclic amines) is 1. The molecule has 2 rings (SSSR count). The van der Waals surface area contributed by atoms with Gasteiger partial charge in [-0.2, -0.15) is 0 Å². The fourth-order valence-electron chi connectivity index (χ4n) is 2.51. The van der Waals surface area contributed by atoms with Gasteiger partial charge in [-0.1, -0.05) is 0 Å². The first-order valence-corrected chi connectivity index (χ1v) is 9.18. The zero-order valence-electron chi connectivity index (χ0n) is 13.9. The summed E-state index contributed by atoms with van der Waals surface area (Å²) in [5.74, 6) is 0.532. The van der Waals surface area contributed by atoms with Crippen LogP contribution in [0.5, 0.6) is 0 Å². The molecular formula is C17H24FNO3S. The average Bonchev–Trinajstić information content (AvgIpc) is 2.46. The smallest absolute Gasteiger partial charge is 0.410 e. The Labute approximate surface area is 139 Å². The molecule has 1 amide bonds. The molecule has 1 aromatic rings. The van der Waals surface area contributed by atoms with Crippen molar-refractivity contribution < 1.29 is 18.1 Å². The summed E-state index contributed by atoms with van der Waals surface area (Å²) in [4.78, 5) is 14.4. The Bertz CT molecular complexity index is 560. The highest BCUT2D eigenvalue weighted by Gasteiger charge is 2.27. The highest BCUT2D eigenvalue weighted by Crippen LogP contribution is 2.22. The van der Waals surface area contributed by atoms with Gasteiger partial charge in [0.15, 0.2) is 0 Å². The first-order chi connectivity index (χ1) is 10.7. The summed E-state index contributed by atoms with van der Waals surface area (Å²) in [6.07, 6.45) is 1.34. The lowest BCUT2D eigenvalue weighted by atomic mass is 9.99. The molecule has 0 aromatic heterocycles. The van der Waals surface area contributed by atoms with Crippen LogP contribution >= 0.6 is 0 Å². The second kappa shape index (κ2) is 7.43. The Balaban J connectivity index is 1.81. The number of ether oxygens (including phenoxy) is 1. The van der Waals surface area contributed by atoms with Crippen molar-refractivity contribution in [1.82, 2.24) is 4.90 Å². The Hall–Kier alpha value is -1.43. The van der Waals surface area contributed by atoms with Crippen LogP contribution < -0.4 is 0 Å². The van der Waals surface area contributed by atoms with Crippen LogP contribution in [-0.2, 0) is 15.5 Å². The number of hydrogen-bond acceptors (Lipinski definition) is 3. The van der Waals surface area contributed by atoms with Crippen molar-refractivity contribution in [3.05, 3.63) is 30.1 Å². The minimum atomic E-state index is -1.13. The van der Waals surface area contributed by atoms with Gasteiger partial charge in [-0.05, 0) is 63.8 Å². The largest absolute Gasteiger partial charge is 0.444 e. The normalized spacial score (nSPS) is 17.8. The summed E-state index contributed by atoms with van der Waals surface area (Å²) < 4.78 is 30.6. The van der Waals surface area contributed by atoms with Gasteiger partial charge in [0, 0.05) is 23.7 Å². The molecule has 1 saturated heterocycles. The molecule has 0 radical (unpaired) electrons. The maximum Gasteiger partial charge on any atom is 0.410 e. The van der Waals surface area contributed by atoms with E-state index >= 15 is 0 Å². The van der Waals surface area contributed by atoms with Crippen molar-refractivity contribution in [3.8, 4) is 0 Å². The summed E-state index contributed by atoms with van der Waals surface area (Å²) in [5.41, 5.74) is -0.488. The van der Waals surface area contributed by atoms with Gasteiger partial charge >= 0.3 is 6.09 Å². The van der Waals surface area contributed by atoms with Gasteiger partial charge < -0.3 is 9.64 Å². The third-order valence-electron chi connectivity index (χ3n) is 3.73. The molecule has 1 aliphatic heterocycles. The van der Waals surface area contributed by atoms with Crippen molar-refractivity contribution in [2.24, 2.45) is 5.92 Å². The van der Waals surface area contributed by atoms with Gasteiger partial charge in [0.1, 0.15) is 11.4 Å². The number of amides is 1. The fraction of sp³-hybridized carbons (Fsp3) is 0.588. The first-order valence-electron chi connectivity index (χ1n) is 7.86. The van der Waals surface area contributed by atoms with Gasteiger partial charge in [0.05, 0.1) is 10.8 Å². The summed E-state index contributed by atoms with van der Waals surface area (Å²) in [6.45, 7) is 6.80. The molecular weight excluding hydrogens is 317 g/mol. The number of carbonyl (C=O) groups is 1. The lowest BCUT2D eigenvalue weighted by molar-refractivity contribution is 0.0191. The van der Waals surface area contributed by atoms with Gasteiger partial charge in [0.2, 0.25) is 0 Å². The Morgan fingerprint density at radius 3 is 2.35 bits per heavy atom. The van der Waals surface area contributed by atoms with Crippen molar-refractivity contribution in [1.29, 1.82) is 0 Å². The Kier molecular flexibility index (Phi) is 5.79. The van der Waals surface area contributed by atoms with Gasteiger partial charge in [-0.25, -0.2) is 9.18 Å². The van der Waals surface area contributed by atoms with Crippen LogP contribution in [0.3, 0.4) is 0 Å². The summed E-state index contributed by atoms with van der Waals surface area (Å²) in [7, 11) is -1.13. The molecule has 1 aliphatic rings. The summed E-state index contributed by atoms with van der Waals surface area (Å²) in [5, 5.41) is 0. The van der Waals surface area contributed by atoms with E-state index in [1.807, 2.05) is 20.8 Å². The van der Waals surface area contributed by atoms with Crippen molar-refractivity contribution >= 4 is 16.9 Å². The molecule has 0 unspecified atom stereocenters. The van der Waals surface area contributed by atoms with Gasteiger partial charge in [-0.15, -0.1) is 0 Å². The molecule has 0 saturated carbocycles. The number of piperidine rings is 1. The van der Waals surface area contributed by atoms with E-state index in [-0.39, 0.29) is 11.9 Å². The van der Waals surface area contributed by atoms with Crippen LogP contribution in [0.1, 0.15) is 33.6 Å². The van der Waals surface area contributed by atoms with Crippen LogP contribution in [0.2, 0.25) is 0 Å². The molecule has 1 aromatic carbocycles. The first kappa shape index (κ1) is 17.9. The third kappa shape index (κ3) is 5.61. The number of hydrogen-bond donors (Lipinski definition) is 0.